The van der Waals surface area contributed by atoms with Crippen molar-refractivity contribution in [3.8, 4) is 23.0 Å². The molecule has 144 valence electrons. The van der Waals surface area contributed by atoms with E-state index in [-0.39, 0.29) is 34.1 Å². The molecule has 2 aromatic rings. The molecule has 0 N–H and O–H groups in total. The lowest BCUT2D eigenvalue weighted by atomic mass is 10.1. The van der Waals surface area contributed by atoms with Crippen LogP contribution in [0.15, 0.2) is 30.3 Å². The summed E-state index contributed by atoms with van der Waals surface area (Å²) >= 11 is 0. The van der Waals surface area contributed by atoms with E-state index in [0.717, 1.165) is 6.07 Å². The molecule has 0 amide bonds. The molecule has 0 spiro atoms. The molecule has 0 aliphatic rings. The van der Waals surface area contributed by atoms with Gasteiger partial charge in [-0.2, -0.15) is 0 Å². The monoisotopic (exact) mass is 381 g/mol. The molecule has 0 atom stereocenters. The minimum absolute atomic E-state index is 0.0651. The molecule has 9 heteroatoms. The Bertz CT molecular complexity index is 872. The Morgan fingerprint density at radius 2 is 1.33 bits per heavy atom. The van der Waals surface area contributed by atoms with Crippen LogP contribution in [0.3, 0.4) is 0 Å². The number of hydrogen-bond acceptors (Lipinski definition) is 6. The third-order valence-corrected chi connectivity index (χ3v) is 3.74. The SMILES string of the molecule is COc1ccc(C(F)=C(F)c2cc(OC)c(OC)c(OC)c2)cc1[N+](=O)[O-]. The van der Waals surface area contributed by atoms with Crippen LogP contribution in [0, 0.1) is 10.1 Å². The first-order chi connectivity index (χ1) is 12.9. The van der Waals surface area contributed by atoms with Crippen molar-refractivity contribution in [1.82, 2.24) is 0 Å². The quantitative estimate of drug-likeness (QED) is 0.402. The zero-order valence-electron chi connectivity index (χ0n) is 15.0. The fourth-order valence-corrected chi connectivity index (χ4v) is 2.43. The molecule has 27 heavy (non-hydrogen) atoms. The Kier molecular flexibility index (Phi) is 6.17. The largest absolute Gasteiger partial charge is 0.493 e. The molecule has 2 aromatic carbocycles. The number of hydrogen-bond donors (Lipinski definition) is 0. The number of nitro groups is 1. The number of nitrogens with zero attached hydrogens (tertiary/aromatic N) is 1. The zero-order chi connectivity index (χ0) is 20.1. The smallest absolute Gasteiger partial charge is 0.311 e. The van der Waals surface area contributed by atoms with E-state index in [1.165, 1.54) is 52.7 Å². The summed E-state index contributed by atoms with van der Waals surface area (Å²) in [6.07, 6.45) is 0. The van der Waals surface area contributed by atoms with Gasteiger partial charge in [0.1, 0.15) is 0 Å². The molecule has 2 rings (SSSR count). The molecule has 0 radical (unpaired) electrons. The molecule has 0 saturated heterocycles. The summed E-state index contributed by atoms with van der Waals surface area (Å²) in [4.78, 5) is 10.3. The van der Waals surface area contributed by atoms with Gasteiger partial charge in [-0.3, -0.25) is 10.1 Å². The molecule has 0 aliphatic carbocycles. The van der Waals surface area contributed by atoms with Gasteiger partial charge in [0.15, 0.2) is 28.9 Å². The van der Waals surface area contributed by atoms with Gasteiger partial charge in [-0.15, -0.1) is 0 Å². The summed E-state index contributed by atoms with van der Waals surface area (Å²) in [5.41, 5.74) is -0.975. The van der Waals surface area contributed by atoms with Gasteiger partial charge in [0, 0.05) is 17.2 Å². The van der Waals surface area contributed by atoms with Crippen molar-refractivity contribution < 1.29 is 32.7 Å². The molecule has 0 aromatic heterocycles. The van der Waals surface area contributed by atoms with Crippen LogP contribution in [0.1, 0.15) is 11.1 Å². The van der Waals surface area contributed by atoms with Crippen molar-refractivity contribution >= 4 is 17.3 Å². The second-order valence-electron chi connectivity index (χ2n) is 5.19. The van der Waals surface area contributed by atoms with E-state index < -0.39 is 22.3 Å². The van der Waals surface area contributed by atoms with Crippen LogP contribution in [0.25, 0.3) is 11.7 Å². The number of ether oxygens (including phenoxy) is 4. The first kappa shape index (κ1) is 20.0. The summed E-state index contributed by atoms with van der Waals surface area (Å²) in [7, 11) is 5.30. The van der Waals surface area contributed by atoms with Crippen LogP contribution in [0.4, 0.5) is 14.5 Å². The van der Waals surface area contributed by atoms with Gasteiger partial charge in [0.05, 0.1) is 33.4 Å². The first-order valence-corrected chi connectivity index (χ1v) is 7.56. The van der Waals surface area contributed by atoms with Crippen LogP contribution >= 0.6 is 0 Å². The van der Waals surface area contributed by atoms with E-state index in [9.17, 15) is 18.9 Å². The molecule has 0 aliphatic heterocycles. The van der Waals surface area contributed by atoms with Gasteiger partial charge in [-0.25, -0.2) is 8.78 Å². The molecular weight excluding hydrogens is 364 g/mol. The fraction of sp³-hybridized carbons (Fsp3) is 0.222. The lowest BCUT2D eigenvalue weighted by Gasteiger charge is -2.13. The Balaban J connectivity index is 2.61. The van der Waals surface area contributed by atoms with Gasteiger partial charge in [-0.05, 0) is 24.3 Å². The highest BCUT2D eigenvalue weighted by Gasteiger charge is 2.21. The third-order valence-electron chi connectivity index (χ3n) is 3.74. The summed E-state index contributed by atoms with van der Waals surface area (Å²) in [5, 5.41) is 11.1. The lowest BCUT2D eigenvalue weighted by molar-refractivity contribution is -0.385. The second-order valence-corrected chi connectivity index (χ2v) is 5.19. The Morgan fingerprint density at radius 1 is 0.815 bits per heavy atom. The van der Waals surface area contributed by atoms with Crippen molar-refractivity contribution in [2.45, 2.75) is 0 Å². The molecule has 0 heterocycles. The Labute approximate surface area is 153 Å². The van der Waals surface area contributed by atoms with Crippen molar-refractivity contribution in [3.05, 3.63) is 51.6 Å². The number of benzene rings is 2. The van der Waals surface area contributed by atoms with E-state index >= 15 is 0 Å². The summed E-state index contributed by atoms with van der Waals surface area (Å²) in [6, 6.07) is 5.72. The minimum Gasteiger partial charge on any atom is -0.493 e. The lowest BCUT2D eigenvalue weighted by Crippen LogP contribution is -1.97. The fourth-order valence-electron chi connectivity index (χ4n) is 2.43. The van der Waals surface area contributed by atoms with Gasteiger partial charge >= 0.3 is 5.69 Å². The van der Waals surface area contributed by atoms with Crippen LogP contribution in [-0.2, 0) is 0 Å². The van der Waals surface area contributed by atoms with Crippen molar-refractivity contribution in [2.24, 2.45) is 0 Å². The van der Waals surface area contributed by atoms with Crippen LogP contribution < -0.4 is 18.9 Å². The molecule has 7 nitrogen and oxygen atoms in total. The molecule has 0 unspecified atom stereocenters. The summed E-state index contributed by atoms with van der Waals surface area (Å²) in [6.45, 7) is 0. The number of methoxy groups -OCH3 is 4. The topological polar surface area (TPSA) is 80.1 Å². The van der Waals surface area contributed by atoms with Gasteiger partial charge < -0.3 is 18.9 Å². The maximum absolute atomic E-state index is 14.7. The highest BCUT2D eigenvalue weighted by Crippen LogP contribution is 2.42. The zero-order valence-corrected chi connectivity index (χ0v) is 15.0. The van der Waals surface area contributed by atoms with E-state index in [2.05, 4.69) is 0 Å². The van der Waals surface area contributed by atoms with Crippen LogP contribution in [-0.4, -0.2) is 33.4 Å². The van der Waals surface area contributed by atoms with Gasteiger partial charge in [-0.1, -0.05) is 0 Å². The highest BCUT2D eigenvalue weighted by molar-refractivity contribution is 5.85. The van der Waals surface area contributed by atoms with Gasteiger partial charge in [0.2, 0.25) is 5.75 Å². The molecule has 0 fully saturated rings. The summed E-state index contributed by atoms with van der Waals surface area (Å²) < 4.78 is 49.6. The van der Waals surface area contributed by atoms with E-state index in [1.54, 1.807) is 0 Å². The average molecular weight is 381 g/mol. The minimum atomic E-state index is -1.28. The number of halogens is 2. The van der Waals surface area contributed by atoms with E-state index in [0.29, 0.717) is 0 Å². The van der Waals surface area contributed by atoms with Gasteiger partial charge in [0.25, 0.3) is 0 Å². The number of nitro benzene ring substituents is 1. The Hall–Kier alpha value is -3.36. The summed E-state index contributed by atoms with van der Waals surface area (Å²) in [5.74, 6) is -2.10. The standard InChI is InChI=1S/C18H17F2NO6/c1-24-13-6-5-10(7-12(13)21(22)23)16(19)17(20)11-8-14(25-2)18(27-4)15(9-11)26-3/h5-9H,1-4H3. The third kappa shape index (κ3) is 3.91. The van der Waals surface area contributed by atoms with Crippen LogP contribution in [0.5, 0.6) is 23.0 Å². The van der Waals surface area contributed by atoms with Crippen molar-refractivity contribution in [1.29, 1.82) is 0 Å². The van der Waals surface area contributed by atoms with Crippen molar-refractivity contribution in [2.75, 3.05) is 28.4 Å². The van der Waals surface area contributed by atoms with E-state index in [1.807, 2.05) is 0 Å². The maximum Gasteiger partial charge on any atom is 0.311 e. The molecule has 0 bridgehead atoms. The van der Waals surface area contributed by atoms with Crippen LogP contribution in [0.2, 0.25) is 0 Å². The Morgan fingerprint density at radius 3 is 1.78 bits per heavy atom. The predicted octanol–water partition coefficient (Wildman–Crippen LogP) is 4.39. The second kappa shape index (κ2) is 8.35. The normalized spacial score (nSPS) is 11.5. The maximum atomic E-state index is 14.7. The number of rotatable bonds is 7. The average Bonchev–Trinajstić information content (AvgIpc) is 2.70. The molecule has 0 saturated carbocycles. The van der Waals surface area contributed by atoms with E-state index in [4.69, 9.17) is 18.9 Å². The predicted molar refractivity (Wildman–Crippen MR) is 94.8 cm³/mol. The first-order valence-electron chi connectivity index (χ1n) is 7.56. The highest BCUT2D eigenvalue weighted by atomic mass is 19.2. The molecular formula is C18H17F2NO6. The van der Waals surface area contributed by atoms with Crippen molar-refractivity contribution in [3.63, 3.8) is 0 Å².